The van der Waals surface area contributed by atoms with E-state index in [1.807, 2.05) is 6.07 Å². The normalized spacial score (nSPS) is 15.9. The van der Waals surface area contributed by atoms with E-state index >= 15 is 0 Å². The van der Waals surface area contributed by atoms with Gasteiger partial charge < -0.3 is 10.3 Å². The second-order valence-corrected chi connectivity index (χ2v) is 4.54. The molecule has 2 aromatic rings. The van der Waals surface area contributed by atoms with Crippen LogP contribution in [0.2, 0.25) is 0 Å². The number of rotatable bonds is 2. The Labute approximate surface area is 93.9 Å². The molecule has 1 aromatic heterocycles. The highest BCUT2D eigenvalue weighted by molar-refractivity contribution is 5.85. The summed E-state index contributed by atoms with van der Waals surface area (Å²) in [5, 5.41) is 1.13. The molecule has 0 atom stereocenters. The first-order valence-corrected chi connectivity index (χ1v) is 5.71. The van der Waals surface area contributed by atoms with E-state index in [2.05, 4.69) is 11.5 Å². The zero-order valence-corrected chi connectivity index (χ0v) is 9.33. The Morgan fingerprint density at radius 3 is 2.81 bits per heavy atom. The molecule has 3 heteroatoms. The van der Waals surface area contributed by atoms with Crippen LogP contribution in [0.4, 0.5) is 4.39 Å². The molecule has 1 aromatic carbocycles. The van der Waals surface area contributed by atoms with Gasteiger partial charge in [-0.15, -0.1) is 0 Å². The lowest BCUT2D eigenvalue weighted by molar-refractivity contribution is 0.627. The summed E-state index contributed by atoms with van der Waals surface area (Å²) in [5.41, 5.74) is 9.16. The molecule has 1 saturated carbocycles. The Morgan fingerprint density at radius 1 is 1.44 bits per heavy atom. The summed E-state index contributed by atoms with van der Waals surface area (Å²) >= 11 is 0. The lowest BCUT2D eigenvalue weighted by Gasteiger charge is -2.07. The maximum atomic E-state index is 13.3. The van der Waals surface area contributed by atoms with Gasteiger partial charge in [-0.25, -0.2) is 4.39 Å². The van der Waals surface area contributed by atoms with E-state index in [1.54, 1.807) is 6.07 Å². The third-order valence-electron chi connectivity index (χ3n) is 3.45. The minimum Gasteiger partial charge on any atom is -0.340 e. The Balaban J connectivity index is 2.37. The zero-order chi connectivity index (χ0) is 11.3. The highest BCUT2D eigenvalue weighted by Crippen LogP contribution is 2.41. The largest absolute Gasteiger partial charge is 0.340 e. The minimum absolute atomic E-state index is 0.171. The van der Waals surface area contributed by atoms with Gasteiger partial charge in [-0.1, -0.05) is 0 Å². The maximum Gasteiger partial charge on any atom is 0.125 e. The van der Waals surface area contributed by atoms with Crippen molar-refractivity contribution in [3.05, 3.63) is 35.3 Å². The third-order valence-corrected chi connectivity index (χ3v) is 3.45. The molecule has 2 nitrogen and oxygen atoms in total. The molecule has 0 unspecified atom stereocenters. The second-order valence-electron chi connectivity index (χ2n) is 4.54. The number of fused-ring (bicyclic) bond motifs is 1. The van der Waals surface area contributed by atoms with Crippen molar-refractivity contribution in [1.29, 1.82) is 0 Å². The van der Waals surface area contributed by atoms with Crippen LogP contribution in [0.25, 0.3) is 10.9 Å². The fourth-order valence-corrected chi connectivity index (χ4v) is 2.50. The Hall–Kier alpha value is -1.35. The van der Waals surface area contributed by atoms with Gasteiger partial charge in [0.15, 0.2) is 0 Å². The van der Waals surface area contributed by atoms with E-state index in [-0.39, 0.29) is 5.82 Å². The third kappa shape index (κ3) is 1.28. The Bertz CT molecular complexity index is 553. The first-order chi connectivity index (χ1) is 7.72. The van der Waals surface area contributed by atoms with Crippen molar-refractivity contribution in [2.45, 2.75) is 32.4 Å². The number of hydrogen-bond acceptors (Lipinski definition) is 1. The van der Waals surface area contributed by atoms with Crippen LogP contribution in [0.5, 0.6) is 0 Å². The monoisotopic (exact) mass is 218 g/mol. The van der Waals surface area contributed by atoms with Gasteiger partial charge in [0.25, 0.3) is 0 Å². The van der Waals surface area contributed by atoms with Crippen molar-refractivity contribution >= 4 is 10.9 Å². The molecular weight excluding hydrogens is 203 g/mol. The predicted octanol–water partition coefficient (Wildman–Crippen LogP) is 2.88. The average molecular weight is 218 g/mol. The smallest absolute Gasteiger partial charge is 0.125 e. The number of aromatic nitrogens is 1. The van der Waals surface area contributed by atoms with Crippen molar-refractivity contribution in [2.24, 2.45) is 5.73 Å². The molecule has 0 amide bonds. The molecule has 1 fully saturated rings. The Morgan fingerprint density at radius 2 is 2.19 bits per heavy atom. The molecule has 3 rings (SSSR count). The van der Waals surface area contributed by atoms with E-state index in [1.165, 1.54) is 24.5 Å². The molecule has 0 spiro atoms. The van der Waals surface area contributed by atoms with Crippen molar-refractivity contribution in [3.8, 4) is 0 Å². The van der Waals surface area contributed by atoms with Gasteiger partial charge in [0.2, 0.25) is 0 Å². The van der Waals surface area contributed by atoms with Gasteiger partial charge in [-0.3, -0.25) is 0 Å². The summed E-state index contributed by atoms with van der Waals surface area (Å²) in [5.74, 6) is -0.171. The molecule has 1 heterocycles. The average Bonchev–Trinajstić information content (AvgIpc) is 3.05. The lowest BCUT2D eigenvalue weighted by atomic mass is 10.1. The molecule has 1 aliphatic carbocycles. The van der Waals surface area contributed by atoms with Crippen molar-refractivity contribution < 1.29 is 4.39 Å². The maximum absolute atomic E-state index is 13.3. The van der Waals surface area contributed by atoms with Gasteiger partial charge in [0.05, 0.1) is 5.52 Å². The molecule has 0 radical (unpaired) electrons. The molecule has 16 heavy (non-hydrogen) atoms. The van der Waals surface area contributed by atoms with Crippen molar-refractivity contribution in [1.82, 2.24) is 4.57 Å². The van der Waals surface area contributed by atoms with Gasteiger partial charge in [-0.05, 0) is 43.5 Å². The quantitative estimate of drug-likeness (QED) is 0.825. The van der Waals surface area contributed by atoms with Crippen LogP contribution in [0.1, 0.15) is 30.1 Å². The van der Waals surface area contributed by atoms with Crippen LogP contribution >= 0.6 is 0 Å². The van der Waals surface area contributed by atoms with Gasteiger partial charge in [0, 0.05) is 23.7 Å². The molecular formula is C13H15FN2. The van der Waals surface area contributed by atoms with E-state index < -0.39 is 0 Å². The number of nitrogens with two attached hydrogens (primary N) is 1. The predicted molar refractivity (Wildman–Crippen MR) is 62.8 cm³/mol. The van der Waals surface area contributed by atoms with Crippen LogP contribution in [-0.2, 0) is 6.54 Å². The fraction of sp³-hybridized carbons (Fsp3) is 0.385. The number of halogens is 1. The van der Waals surface area contributed by atoms with Gasteiger partial charge in [0.1, 0.15) is 5.82 Å². The molecule has 0 saturated heterocycles. The van der Waals surface area contributed by atoms with Crippen molar-refractivity contribution in [3.63, 3.8) is 0 Å². The van der Waals surface area contributed by atoms with E-state index in [4.69, 9.17) is 5.73 Å². The number of benzene rings is 1. The summed E-state index contributed by atoms with van der Waals surface area (Å²) in [6, 6.07) is 5.54. The summed E-state index contributed by atoms with van der Waals surface area (Å²) < 4.78 is 15.5. The van der Waals surface area contributed by atoms with Crippen molar-refractivity contribution in [2.75, 3.05) is 0 Å². The SMILES string of the molecule is Cc1c(CN)n(C2CC2)c2cc(F)ccc12. The molecule has 1 aliphatic rings. The highest BCUT2D eigenvalue weighted by Gasteiger charge is 2.28. The second kappa shape index (κ2) is 3.32. The fourth-order valence-electron chi connectivity index (χ4n) is 2.50. The molecule has 0 aliphatic heterocycles. The lowest BCUT2D eigenvalue weighted by Crippen LogP contribution is -2.06. The Kier molecular flexibility index (Phi) is 2.04. The van der Waals surface area contributed by atoms with Crippen LogP contribution in [0.3, 0.4) is 0 Å². The number of nitrogens with zero attached hydrogens (tertiary/aromatic N) is 1. The highest BCUT2D eigenvalue weighted by atomic mass is 19.1. The van der Waals surface area contributed by atoms with Crippen LogP contribution < -0.4 is 5.73 Å². The molecule has 84 valence electrons. The van der Waals surface area contributed by atoms with Crippen LogP contribution in [0, 0.1) is 12.7 Å². The zero-order valence-electron chi connectivity index (χ0n) is 9.33. The first-order valence-electron chi connectivity index (χ1n) is 5.71. The molecule has 2 N–H and O–H groups in total. The summed E-state index contributed by atoms with van der Waals surface area (Å²) in [6.07, 6.45) is 2.37. The van der Waals surface area contributed by atoms with E-state index in [0.717, 1.165) is 16.6 Å². The topological polar surface area (TPSA) is 30.9 Å². The summed E-state index contributed by atoms with van der Waals surface area (Å²) in [6.45, 7) is 2.60. The standard InChI is InChI=1S/C13H15FN2/c1-8-11-5-2-9(14)6-12(11)16(10-3-4-10)13(8)7-15/h2,5-6,10H,3-4,7,15H2,1H3. The summed E-state index contributed by atoms with van der Waals surface area (Å²) in [4.78, 5) is 0. The van der Waals surface area contributed by atoms with Crippen LogP contribution in [-0.4, -0.2) is 4.57 Å². The summed E-state index contributed by atoms with van der Waals surface area (Å²) in [7, 11) is 0. The number of aryl methyl sites for hydroxylation is 1. The molecule has 0 bridgehead atoms. The van der Waals surface area contributed by atoms with E-state index in [9.17, 15) is 4.39 Å². The van der Waals surface area contributed by atoms with Gasteiger partial charge >= 0.3 is 0 Å². The van der Waals surface area contributed by atoms with Crippen LogP contribution in [0.15, 0.2) is 18.2 Å². The van der Waals surface area contributed by atoms with E-state index in [0.29, 0.717) is 12.6 Å². The minimum atomic E-state index is -0.171. The first kappa shape index (κ1) is 9.85. The van der Waals surface area contributed by atoms with Gasteiger partial charge in [-0.2, -0.15) is 0 Å². The number of hydrogen-bond donors (Lipinski definition) is 1.